The van der Waals surface area contributed by atoms with E-state index in [-0.39, 0.29) is 0 Å². The summed E-state index contributed by atoms with van der Waals surface area (Å²) in [5, 5.41) is 1.21. The van der Waals surface area contributed by atoms with Crippen molar-refractivity contribution in [3.8, 4) is 11.6 Å². The summed E-state index contributed by atoms with van der Waals surface area (Å²) < 4.78 is 349. The van der Waals surface area contributed by atoms with Crippen molar-refractivity contribution in [3.05, 3.63) is 219 Å². The molecule has 1 aromatic heterocycles. The Kier molecular flexibility index (Phi) is 21.1. The first-order chi connectivity index (χ1) is 42.1. The third kappa shape index (κ3) is 17.8. The molecule has 0 spiro atoms. The highest BCUT2D eigenvalue weighted by Crippen LogP contribution is 2.42. The predicted molar refractivity (Wildman–Crippen MR) is 293 cm³/mol. The van der Waals surface area contributed by atoms with Crippen molar-refractivity contribution in [2.24, 2.45) is 0 Å². The SMILES string of the molecule is CCCCCCCCCCc1ccc(Oc2ccc3ccccc3[n+]2Cc2ccccc2)cc1.FC(F)(F)c1cc([B-](c2cc(C(F)(F)F)cc(C(F)(F)F)c2)(c2cc(C(F)(F)F)cc(C(F)(F)F)c2)c2cc(C(F)(F)F)cc(C(F)(F)F)c2)cc(C(F)(F)F)c1. The van der Waals surface area contributed by atoms with Gasteiger partial charge < -0.3 is 4.74 Å². The number of halogens is 24. The number of unbranched alkanes of at least 4 members (excludes halogenated alkanes) is 7. The number of ether oxygens (including phenoxy) is 1. The van der Waals surface area contributed by atoms with Gasteiger partial charge in [-0.2, -0.15) is 132 Å². The summed E-state index contributed by atoms with van der Waals surface area (Å²) in [7, 11) is 0. The van der Waals surface area contributed by atoms with E-state index in [1.54, 1.807) is 0 Å². The van der Waals surface area contributed by atoms with E-state index in [4.69, 9.17) is 4.74 Å². The summed E-state index contributed by atoms with van der Waals surface area (Å²) in [6.07, 6.45) is -42.8. The molecule has 8 rings (SSSR count). The molecule has 0 aliphatic carbocycles. The van der Waals surface area contributed by atoms with Crippen molar-refractivity contribution in [1.82, 2.24) is 0 Å². The monoisotopic (exact) mass is 1320 g/mol. The van der Waals surface area contributed by atoms with Crippen LogP contribution in [0.3, 0.4) is 0 Å². The third-order valence-electron chi connectivity index (χ3n) is 15.0. The lowest BCUT2D eigenvalue weighted by atomic mass is 9.12. The molecule has 8 aromatic rings. The fourth-order valence-corrected chi connectivity index (χ4v) is 10.6. The van der Waals surface area contributed by atoms with Crippen molar-refractivity contribution in [1.29, 1.82) is 0 Å². The Bertz CT molecular complexity index is 3330. The van der Waals surface area contributed by atoms with Crippen LogP contribution < -0.4 is 31.2 Å². The van der Waals surface area contributed by atoms with Crippen molar-refractivity contribution in [3.63, 3.8) is 0 Å². The number of hydrogen-bond acceptors (Lipinski definition) is 1. The Balaban J connectivity index is 0.000000293. The molecule has 0 saturated heterocycles. The van der Waals surface area contributed by atoms with Crippen LogP contribution in [0, 0.1) is 0 Å². The first-order valence-corrected chi connectivity index (χ1v) is 27.7. The molecule has 0 saturated carbocycles. The second-order valence-corrected chi connectivity index (χ2v) is 21.5. The van der Waals surface area contributed by atoms with E-state index in [9.17, 15) is 105 Å². The standard InChI is InChI=1S/C32H12BF24.C32H38NO/c34-25(35,36)13-1-14(26(37,38)39)6-21(5-13)33(22-7-15(27(40,41)42)2-16(8-22)28(43,44)45,23-9-17(29(46,47)48)3-18(10-23)30(49,50)51)24-11-19(31(52,53)54)4-20(12-24)32(55,56)57;1-2-3-4-5-6-7-8-10-15-27-20-23-30(24-21-27)34-32-25-22-29-18-13-14-19-31(29)33(32)26-28-16-11-9-12-17-28/h1-12H;9,11-14,16-25H,2-8,10,15,26H2,1H3/q-1;+1. The summed E-state index contributed by atoms with van der Waals surface area (Å²) in [4.78, 5) is 0. The predicted octanol–water partition coefficient (Wildman–Crippen LogP) is 19.9. The Morgan fingerprint density at radius 2 is 0.637 bits per heavy atom. The lowest BCUT2D eigenvalue weighted by Gasteiger charge is -2.46. The van der Waals surface area contributed by atoms with Gasteiger partial charge in [0.1, 0.15) is 11.9 Å². The first kappa shape index (κ1) is 70.6. The van der Waals surface area contributed by atoms with E-state index in [1.807, 2.05) is 0 Å². The number of pyridine rings is 1. The zero-order valence-corrected chi connectivity index (χ0v) is 47.2. The van der Waals surface area contributed by atoms with Gasteiger partial charge in [-0.3, -0.25) is 0 Å². The van der Waals surface area contributed by atoms with Crippen LogP contribution >= 0.6 is 0 Å². The Morgan fingerprint density at radius 3 is 0.978 bits per heavy atom. The zero-order chi connectivity index (χ0) is 67.3. The number of rotatable bonds is 17. The Labute approximate surface area is 504 Å². The molecule has 0 aliphatic rings. The molecular weight excluding hydrogens is 1270 g/mol. The van der Waals surface area contributed by atoms with E-state index >= 15 is 0 Å². The Morgan fingerprint density at radius 1 is 0.319 bits per heavy atom. The molecule has 0 unspecified atom stereocenters. The molecule has 7 aromatic carbocycles. The Hall–Kier alpha value is -7.87. The normalized spacial score (nSPS) is 13.1. The number of alkyl halides is 24. The van der Waals surface area contributed by atoms with Crippen LogP contribution in [0.15, 0.2) is 164 Å². The highest BCUT2D eigenvalue weighted by Gasteiger charge is 2.47. The average molecular weight is 1320 g/mol. The molecule has 91 heavy (non-hydrogen) atoms. The first-order valence-electron chi connectivity index (χ1n) is 27.7. The fourth-order valence-electron chi connectivity index (χ4n) is 10.6. The smallest absolute Gasteiger partial charge is 0.405 e. The molecular formula is C64H50BF24NO. The second kappa shape index (κ2) is 27.1. The van der Waals surface area contributed by atoms with E-state index in [2.05, 4.69) is 102 Å². The van der Waals surface area contributed by atoms with Crippen LogP contribution in [0.2, 0.25) is 0 Å². The van der Waals surface area contributed by atoms with Crippen LogP contribution in [-0.2, 0) is 62.4 Å². The number of nitrogens with zero attached hydrogens (tertiary/aromatic N) is 1. The van der Waals surface area contributed by atoms with Gasteiger partial charge in [0.2, 0.25) is 5.52 Å². The maximum Gasteiger partial charge on any atom is 0.416 e. The molecule has 0 atom stereocenters. The van der Waals surface area contributed by atoms with E-state index < -0.39 is 195 Å². The van der Waals surface area contributed by atoms with Crippen molar-refractivity contribution in [2.45, 2.75) is 121 Å². The summed E-state index contributed by atoms with van der Waals surface area (Å²) in [6.45, 7) is 3.05. The van der Waals surface area contributed by atoms with Gasteiger partial charge >= 0.3 is 55.3 Å². The third-order valence-corrected chi connectivity index (χ3v) is 15.0. The number of aromatic nitrogens is 1. The number of para-hydroxylation sites is 1. The number of benzene rings is 7. The van der Waals surface area contributed by atoms with Crippen LogP contribution in [0.5, 0.6) is 11.6 Å². The topological polar surface area (TPSA) is 13.1 Å². The molecule has 0 aliphatic heterocycles. The highest BCUT2D eigenvalue weighted by molar-refractivity contribution is 7.20. The summed E-state index contributed by atoms with van der Waals surface area (Å²) in [5.74, 6) is 1.75. The van der Waals surface area contributed by atoms with Crippen LogP contribution in [0.25, 0.3) is 10.9 Å². The van der Waals surface area contributed by atoms with E-state index in [1.165, 1.54) is 73.4 Å². The van der Waals surface area contributed by atoms with Gasteiger partial charge in [-0.05, 0) is 66.9 Å². The van der Waals surface area contributed by atoms with Crippen LogP contribution in [-0.4, -0.2) is 6.15 Å². The number of fused-ring (bicyclic) bond motifs is 1. The summed E-state index contributed by atoms with van der Waals surface area (Å²) >= 11 is 0. The minimum absolute atomic E-state index is 0.691. The largest absolute Gasteiger partial charge is 0.416 e. The molecule has 488 valence electrons. The van der Waals surface area contributed by atoms with Gasteiger partial charge in [0.25, 0.3) is 0 Å². The number of hydrogen-bond donors (Lipinski definition) is 0. The van der Waals surface area contributed by atoms with Crippen molar-refractivity contribution >= 4 is 38.9 Å². The average Bonchev–Trinajstić information content (AvgIpc) is 0.711. The molecule has 0 amide bonds. The van der Waals surface area contributed by atoms with E-state index in [0.29, 0.717) is 0 Å². The summed E-state index contributed by atoms with van der Waals surface area (Å²) in [5.41, 5.74) is -26.4. The van der Waals surface area contributed by atoms with Gasteiger partial charge in [-0.15, -0.1) is 0 Å². The zero-order valence-electron chi connectivity index (χ0n) is 47.2. The molecule has 0 N–H and O–H groups in total. The maximum atomic E-state index is 14.2. The second-order valence-electron chi connectivity index (χ2n) is 21.5. The van der Waals surface area contributed by atoms with Crippen molar-refractivity contribution < 1.29 is 115 Å². The highest BCUT2D eigenvalue weighted by atomic mass is 19.4. The lowest BCUT2D eigenvalue weighted by molar-refractivity contribution is -0.666. The minimum Gasteiger partial charge on any atom is -0.405 e. The van der Waals surface area contributed by atoms with Crippen LogP contribution in [0.1, 0.15) is 114 Å². The molecule has 0 fully saturated rings. The van der Waals surface area contributed by atoms with Crippen LogP contribution in [0.4, 0.5) is 105 Å². The maximum absolute atomic E-state index is 14.2. The van der Waals surface area contributed by atoms with Gasteiger partial charge in [-0.1, -0.05) is 155 Å². The molecule has 0 bridgehead atoms. The lowest BCUT2D eigenvalue weighted by Crippen LogP contribution is -2.75. The summed E-state index contributed by atoms with van der Waals surface area (Å²) in [6, 6.07) is 23.1. The van der Waals surface area contributed by atoms with Gasteiger partial charge in [0.05, 0.1) is 50.6 Å². The quantitative estimate of drug-likeness (QED) is 0.0383. The van der Waals surface area contributed by atoms with Gasteiger partial charge in [0, 0.05) is 17.0 Å². The van der Waals surface area contributed by atoms with Gasteiger partial charge in [0.15, 0.2) is 6.54 Å². The molecule has 0 radical (unpaired) electrons. The van der Waals surface area contributed by atoms with Gasteiger partial charge in [-0.25, -0.2) is 0 Å². The molecule has 1 heterocycles. The molecule has 27 heteroatoms. The molecule has 2 nitrogen and oxygen atoms in total. The fraction of sp³-hybridized carbons (Fsp3) is 0.297. The number of aryl methyl sites for hydroxylation is 1. The minimum atomic E-state index is -6.13. The van der Waals surface area contributed by atoms with E-state index in [0.717, 1.165) is 24.6 Å². The van der Waals surface area contributed by atoms with Crippen molar-refractivity contribution in [2.75, 3.05) is 0 Å².